The van der Waals surface area contributed by atoms with E-state index in [2.05, 4.69) is 166 Å². The van der Waals surface area contributed by atoms with Gasteiger partial charge in [0.15, 0.2) is 17.2 Å². The quantitative estimate of drug-likeness (QED) is 0.162. The Morgan fingerprint density at radius 3 is 0.812 bits per heavy atom. The summed E-state index contributed by atoms with van der Waals surface area (Å²) in [5, 5.41) is 0. The van der Waals surface area contributed by atoms with Gasteiger partial charge in [-0.2, -0.15) is 0 Å². The first-order valence-corrected chi connectivity index (χ1v) is 19.8. The van der Waals surface area contributed by atoms with E-state index >= 15 is 0 Å². The number of ether oxygens (including phenoxy) is 3. The molecule has 3 atom stereocenters. The first-order chi connectivity index (χ1) is 21.5. The molecule has 3 aliphatic rings. The zero-order valence-corrected chi connectivity index (χ0v) is 37.8. The van der Waals surface area contributed by atoms with Gasteiger partial charge in [0, 0.05) is 33.2 Å². The van der Waals surface area contributed by atoms with Crippen LogP contribution in [-0.2, 0) is 14.4 Å². The highest BCUT2D eigenvalue weighted by Crippen LogP contribution is 2.51. The highest BCUT2D eigenvalue weighted by Gasteiger charge is 2.56. The van der Waals surface area contributed by atoms with Crippen molar-refractivity contribution in [2.75, 3.05) is 21.1 Å². The molecule has 48 heavy (non-hydrogen) atoms. The molecule has 3 aliphatic heterocycles. The maximum absolute atomic E-state index is 14.0. The third-order valence-electron chi connectivity index (χ3n) is 12.6. The monoisotopic (exact) mass is 1010 g/mol. The third-order valence-corrected chi connectivity index (χ3v) is 15.6. The largest absolute Gasteiger partial charge is 0.424 e. The number of carbonyl (C=O) groups excluding carboxylic acids is 3. The van der Waals surface area contributed by atoms with Crippen molar-refractivity contribution in [1.29, 1.82) is 0 Å². The zero-order valence-electron chi connectivity index (χ0n) is 31.3. The van der Waals surface area contributed by atoms with E-state index in [0.717, 1.165) is 0 Å². The lowest BCUT2D eigenvalue weighted by molar-refractivity contribution is -0.141. The number of rotatable bonds is 6. The van der Waals surface area contributed by atoms with E-state index in [1.807, 2.05) is 21.1 Å². The maximum atomic E-state index is 14.0. The second-order valence-electron chi connectivity index (χ2n) is 17.5. The van der Waals surface area contributed by atoms with Gasteiger partial charge >= 0.3 is 17.9 Å². The van der Waals surface area contributed by atoms with E-state index in [4.69, 9.17) is 14.2 Å². The molecule has 0 N–H and O–H groups in total. The van der Waals surface area contributed by atoms with Crippen molar-refractivity contribution in [3.05, 3.63) is 10.7 Å². The van der Waals surface area contributed by atoms with Crippen LogP contribution in [0.5, 0.6) is 17.2 Å². The molecular weight excluding hydrogens is 951 g/mol. The van der Waals surface area contributed by atoms with Crippen LogP contribution in [-0.4, -0.2) is 87.0 Å². The number of likely N-dealkylation sites (tertiary alicyclic amines) is 3. The molecule has 0 aromatic heterocycles. The number of benzene rings is 1. The molecule has 0 aliphatic carbocycles. The zero-order chi connectivity index (χ0) is 36.9. The van der Waals surface area contributed by atoms with Crippen LogP contribution in [0.25, 0.3) is 0 Å². The van der Waals surface area contributed by atoms with Crippen LogP contribution in [0.1, 0.15) is 102 Å². The van der Waals surface area contributed by atoms with E-state index in [1.165, 1.54) is 0 Å². The van der Waals surface area contributed by atoms with E-state index in [-0.39, 0.29) is 51.8 Å². The Morgan fingerprint density at radius 1 is 0.479 bits per heavy atom. The second-order valence-corrected chi connectivity index (χ2v) is 20.8. The standard InChI is InChI=1S/C36H54I3N3O6/c1-31(2)16-19(34(7,8)40(31)13)28(43)46-25-22(37)26(47-29(44)20-17-32(3,4)41(14)35(20,9)10)24(39)27(23(25)38)48-30(45)21-18-33(5,6)42(15)36(21,11)12/h19-21H,16-18H2,1-15H3. The van der Waals surface area contributed by atoms with Crippen LogP contribution >= 0.6 is 67.8 Å². The van der Waals surface area contributed by atoms with Crippen molar-refractivity contribution in [3.8, 4) is 17.2 Å². The van der Waals surface area contributed by atoms with Gasteiger partial charge in [0.1, 0.15) is 10.7 Å². The Hall–Kier alpha value is -0.300. The molecule has 0 radical (unpaired) electrons. The van der Waals surface area contributed by atoms with Gasteiger partial charge < -0.3 is 14.2 Å². The van der Waals surface area contributed by atoms with Gasteiger partial charge in [-0.25, -0.2) is 0 Å². The summed E-state index contributed by atoms with van der Waals surface area (Å²) in [6.07, 6.45) is 1.87. The van der Waals surface area contributed by atoms with Gasteiger partial charge in [0.25, 0.3) is 0 Å². The Labute approximate surface area is 328 Å². The summed E-state index contributed by atoms with van der Waals surface area (Å²) in [6.45, 7) is 25.1. The number of hydrogen-bond donors (Lipinski definition) is 0. The molecule has 0 bridgehead atoms. The van der Waals surface area contributed by atoms with Crippen molar-refractivity contribution in [2.24, 2.45) is 17.8 Å². The number of esters is 3. The van der Waals surface area contributed by atoms with Crippen LogP contribution in [0.3, 0.4) is 0 Å². The van der Waals surface area contributed by atoms with Crippen molar-refractivity contribution in [3.63, 3.8) is 0 Å². The Balaban J connectivity index is 1.79. The van der Waals surface area contributed by atoms with E-state index in [0.29, 0.717) is 30.0 Å². The molecule has 1 aromatic carbocycles. The molecule has 3 saturated heterocycles. The van der Waals surface area contributed by atoms with Gasteiger partial charge in [-0.05, 0) is 191 Å². The highest BCUT2D eigenvalue weighted by atomic mass is 127. The molecule has 12 heteroatoms. The van der Waals surface area contributed by atoms with Crippen LogP contribution in [0, 0.1) is 28.5 Å². The van der Waals surface area contributed by atoms with E-state index in [1.54, 1.807) is 0 Å². The minimum atomic E-state index is -0.453. The van der Waals surface area contributed by atoms with Gasteiger partial charge in [-0.3, -0.25) is 29.1 Å². The van der Waals surface area contributed by atoms with Crippen LogP contribution < -0.4 is 14.2 Å². The predicted octanol–water partition coefficient (Wildman–Crippen LogP) is 7.74. The van der Waals surface area contributed by atoms with Gasteiger partial charge in [0.2, 0.25) is 0 Å². The Bertz CT molecular complexity index is 1320. The highest BCUT2D eigenvalue weighted by molar-refractivity contribution is 14.1. The van der Waals surface area contributed by atoms with Crippen LogP contribution in [0.15, 0.2) is 0 Å². The summed E-state index contributed by atoms with van der Waals surface area (Å²) in [7, 11) is 6.10. The summed E-state index contributed by atoms with van der Waals surface area (Å²) in [5.41, 5.74) is -1.97. The molecule has 0 spiro atoms. The predicted molar refractivity (Wildman–Crippen MR) is 214 cm³/mol. The molecule has 3 heterocycles. The summed E-state index contributed by atoms with van der Waals surface area (Å²) >= 11 is 6.28. The summed E-state index contributed by atoms with van der Waals surface area (Å²) in [5.74, 6) is -1.62. The first-order valence-electron chi connectivity index (χ1n) is 16.6. The third kappa shape index (κ3) is 6.70. The molecule has 1 aromatic rings. The van der Waals surface area contributed by atoms with E-state index in [9.17, 15) is 14.4 Å². The summed E-state index contributed by atoms with van der Waals surface area (Å²) < 4.78 is 20.3. The molecule has 0 saturated carbocycles. The van der Waals surface area contributed by atoms with Gasteiger partial charge in [-0.1, -0.05) is 0 Å². The second kappa shape index (κ2) is 13.0. The minimum absolute atomic E-state index is 0.203. The molecule has 4 rings (SSSR count). The first kappa shape index (κ1) is 40.5. The van der Waals surface area contributed by atoms with Crippen LogP contribution in [0.2, 0.25) is 0 Å². The molecule has 3 unspecified atom stereocenters. The number of nitrogens with zero attached hydrogens (tertiary/aromatic N) is 3. The maximum Gasteiger partial charge on any atom is 0.316 e. The average molecular weight is 1010 g/mol. The number of halogens is 3. The van der Waals surface area contributed by atoms with Gasteiger partial charge in [-0.15, -0.1) is 0 Å². The fraction of sp³-hybridized carbons (Fsp3) is 0.750. The van der Waals surface area contributed by atoms with E-state index < -0.39 is 34.4 Å². The lowest BCUT2D eigenvalue weighted by atomic mass is 9.87. The van der Waals surface area contributed by atoms with Crippen molar-refractivity contribution in [2.45, 2.75) is 136 Å². The van der Waals surface area contributed by atoms with Crippen molar-refractivity contribution in [1.82, 2.24) is 14.7 Å². The molecular formula is C36H54I3N3O6. The summed E-state index contributed by atoms with van der Waals surface area (Å²) in [6, 6.07) is 0. The lowest BCUT2D eigenvalue weighted by Crippen LogP contribution is -2.48. The average Bonchev–Trinajstić information content (AvgIpc) is 3.33. The van der Waals surface area contributed by atoms with Crippen molar-refractivity contribution < 1.29 is 28.6 Å². The van der Waals surface area contributed by atoms with Gasteiger partial charge in [0.05, 0.1) is 17.8 Å². The molecule has 3 fully saturated rings. The minimum Gasteiger partial charge on any atom is -0.424 e. The topological polar surface area (TPSA) is 88.6 Å². The Morgan fingerprint density at radius 2 is 0.667 bits per heavy atom. The number of carbonyl (C=O) groups is 3. The van der Waals surface area contributed by atoms with Crippen LogP contribution in [0.4, 0.5) is 0 Å². The Kier molecular flexibility index (Phi) is 10.9. The fourth-order valence-electron chi connectivity index (χ4n) is 8.20. The fourth-order valence-corrected chi connectivity index (χ4v) is 12.0. The SMILES string of the molecule is CN1C(C)(C)CC(C(=O)Oc2c(I)c(OC(=O)C3CC(C)(C)N(C)C3(C)C)c(I)c(OC(=O)C3CC(C)(C)N(C)C3(C)C)c2I)C1(C)C. The smallest absolute Gasteiger partial charge is 0.316 e. The van der Waals surface area contributed by atoms with Crippen molar-refractivity contribution >= 4 is 85.7 Å². The molecule has 9 nitrogen and oxygen atoms in total. The molecule has 270 valence electrons. The summed E-state index contributed by atoms with van der Waals surface area (Å²) in [4.78, 5) is 48.8. The lowest BCUT2D eigenvalue weighted by Gasteiger charge is -2.38. The normalized spacial score (nSPS) is 28.8. The number of hydrogen-bond acceptors (Lipinski definition) is 9. The molecule has 0 amide bonds.